The first kappa shape index (κ1) is 22.0. The number of primary amides is 1. The van der Waals surface area contributed by atoms with Crippen LogP contribution in [0, 0.1) is 0 Å². The third-order valence-electron chi connectivity index (χ3n) is 3.74. The Morgan fingerprint density at radius 3 is 2.42 bits per heavy atom. The van der Waals surface area contributed by atoms with Crippen molar-refractivity contribution in [1.82, 2.24) is 4.98 Å². The second kappa shape index (κ2) is 9.85. The molecule has 0 spiro atoms. The minimum absolute atomic E-state index is 0.0649. The van der Waals surface area contributed by atoms with Crippen LogP contribution in [-0.4, -0.2) is 23.5 Å². The third kappa shape index (κ3) is 6.37. The molecule has 1 heterocycles. The van der Waals surface area contributed by atoms with Gasteiger partial charge in [0.1, 0.15) is 22.9 Å². The number of amides is 3. The number of anilines is 2. The summed E-state index contributed by atoms with van der Waals surface area (Å²) in [5.41, 5.74) is 5.74. The molecule has 0 saturated carbocycles. The molecule has 0 aliphatic heterocycles. The number of urea groups is 1. The molecule has 31 heavy (non-hydrogen) atoms. The summed E-state index contributed by atoms with van der Waals surface area (Å²) in [5.74, 6) is -0.0519. The molecule has 0 saturated heterocycles. The summed E-state index contributed by atoms with van der Waals surface area (Å²) in [6.07, 6.45) is 1.39. The smallest absolute Gasteiger partial charge is 0.387 e. The van der Waals surface area contributed by atoms with E-state index in [1.54, 1.807) is 30.3 Å². The average Bonchev–Trinajstić information content (AvgIpc) is 2.71. The highest BCUT2D eigenvalue weighted by atomic mass is 79.9. The molecule has 0 radical (unpaired) electrons. The molecule has 3 rings (SSSR count). The number of carbonyl (C=O) groups excluding carboxylic acids is 2. The van der Waals surface area contributed by atoms with Gasteiger partial charge in [-0.05, 0) is 48.5 Å². The summed E-state index contributed by atoms with van der Waals surface area (Å²) in [4.78, 5) is 27.3. The molecule has 0 aliphatic carbocycles. The lowest BCUT2D eigenvalue weighted by Gasteiger charge is -2.13. The minimum Gasteiger partial charge on any atom is -0.457 e. The van der Waals surface area contributed by atoms with Crippen molar-refractivity contribution in [2.45, 2.75) is 6.61 Å². The molecule has 2 aromatic carbocycles. The maximum absolute atomic E-state index is 12.5. The molecule has 3 aromatic rings. The molecule has 0 fully saturated rings. The lowest BCUT2D eigenvalue weighted by molar-refractivity contribution is -0.0493. The van der Waals surface area contributed by atoms with Gasteiger partial charge in [-0.15, -0.1) is 0 Å². The maximum Gasteiger partial charge on any atom is 0.387 e. The highest BCUT2D eigenvalue weighted by molar-refractivity contribution is 9.10. The molecule has 3 amide bonds. The van der Waals surface area contributed by atoms with Crippen LogP contribution < -0.4 is 25.8 Å². The average molecular weight is 493 g/mol. The van der Waals surface area contributed by atoms with Gasteiger partial charge in [-0.3, -0.25) is 9.78 Å². The Hall–Kier alpha value is -3.73. The van der Waals surface area contributed by atoms with E-state index in [4.69, 9.17) is 10.5 Å². The zero-order valence-electron chi connectivity index (χ0n) is 15.6. The second-order valence-corrected chi connectivity index (χ2v) is 6.88. The zero-order chi connectivity index (χ0) is 22.4. The van der Waals surface area contributed by atoms with Crippen LogP contribution >= 0.6 is 15.9 Å². The summed E-state index contributed by atoms with van der Waals surface area (Å²) in [6.45, 7) is -3.03. The highest BCUT2D eigenvalue weighted by Gasteiger charge is 2.13. The molecule has 11 heteroatoms. The van der Waals surface area contributed by atoms with Crippen LogP contribution in [0.5, 0.6) is 17.2 Å². The largest absolute Gasteiger partial charge is 0.457 e. The van der Waals surface area contributed by atoms with Crippen molar-refractivity contribution in [2.75, 3.05) is 10.6 Å². The van der Waals surface area contributed by atoms with Gasteiger partial charge < -0.3 is 25.8 Å². The number of alkyl halides is 2. The Morgan fingerprint density at radius 2 is 1.74 bits per heavy atom. The quantitative estimate of drug-likeness (QED) is 0.430. The summed E-state index contributed by atoms with van der Waals surface area (Å²) in [6, 6.07) is 12.9. The van der Waals surface area contributed by atoms with Gasteiger partial charge in [0, 0.05) is 22.4 Å². The van der Waals surface area contributed by atoms with E-state index in [1.165, 1.54) is 30.5 Å². The fraction of sp³-hybridized carbons (Fsp3) is 0.0500. The van der Waals surface area contributed by atoms with Crippen LogP contribution in [0.1, 0.15) is 10.5 Å². The van der Waals surface area contributed by atoms with Gasteiger partial charge in [-0.25, -0.2) is 4.79 Å². The fourth-order valence-electron chi connectivity index (χ4n) is 2.44. The van der Waals surface area contributed by atoms with E-state index in [9.17, 15) is 18.4 Å². The molecular formula is C20H15BrF2N4O4. The number of halogens is 3. The van der Waals surface area contributed by atoms with Crippen LogP contribution in [0.4, 0.5) is 25.0 Å². The molecule has 0 unspecified atom stereocenters. The first-order valence-corrected chi connectivity index (χ1v) is 9.45. The first-order valence-electron chi connectivity index (χ1n) is 8.66. The van der Waals surface area contributed by atoms with E-state index in [2.05, 4.69) is 36.3 Å². The van der Waals surface area contributed by atoms with Gasteiger partial charge in [0.2, 0.25) is 0 Å². The summed E-state index contributed by atoms with van der Waals surface area (Å²) < 4.78 is 35.7. The van der Waals surface area contributed by atoms with E-state index < -0.39 is 18.5 Å². The van der Waals surface area contributed by atoms with Crippen molar-refractivity contribution in [1.29, 1.82) is 0 Å². The minimum atomic E-state index is -3.03. The summed E-state index contributed by atoms with van der Waals surface area (Å²) in [5, 5.41) is 5.03. The van der Waals surface area contributed by atoms with Crippen molar-refractivity contribution >= 4 is 39.2 Å². The van der Waals surface area contributed by atoms with Crippen LogP contribution in [0.3, 0.4) is 0 Å². The lowest BCUT2D eigenvalue weighted by Crippen LogP contribution is -2.20. The number of pyridine rings is 1. The number of nitrogens with two attached hydrogens (primary N) is 1. The van der Waals surface area contributed by atoms with E-state index in [0.717, 1.165) is 0 Å². The normalized spacial score (nSPS) is 10.5. The second-order valence-electron chi connectivity index (χ2n) is 5.97. The van der Waals surface area contributed by atoms with Crippen LogP contribution in [0.15, 0.2) is 65.3 Å². The fourth-order valence-corrected chi connectivity index (χ4v) is 2.80. The van der Waals surface area contributed by atoms with E-state index in [-0.39, 0.29) is 17.1 Å². The lowest BCUT2D eigenvalue weighted by atomic mass is 10.3. The molecule has 0 bridgehead atoms. The summed E-state index contributed by atoms with van der Waals surface area (Å²) in [7, 11) is 0. The number of hydrogen-bond acceptors (Lipinski definition) is 5. The predicted octanol–water partition coefficient (Wildman–Crippen LogP) is 4.98. The number of benzene rings is 2. The molecule has 4 N–H and O–H groups in total. The predicted molar refractivity (Wildman–Crippen MR) is 113 cm³/mol. The van der Waals surface area contributed by atoms with Crippen LogP contribution in [-0.2, 0) is 0 Å². The first-order chi connectivity index (χ1) is 14.8. The Morgan fingerprint density at radius 1 is 1.00 bits per heavy atom. The number of nitrogens with one attached hydrogen (secondary N) is 2. The van der Waals surface area contributed by atoms with E-state index in [1.807, 2.05) is 0 Å². The van der Waals surface area contributed by atoms with Crippen molar-refractivity contribution in [2.24, 2.45) is 5.73 Å². The van der Waals surface area contributed by atoms with Crippen molar-refractivity contribution < 1.29 is 27.8 Å². The van der Waals surface area contributed by atoms with Gasteiger partial charge in [-0.1, -0.05) is 15.9 Å². The Kier molecular flexibility index (Phi) is 6.98. The number of nitrogens with zero attached hydrogens (tertiary/aromatic N) is 1. The topological polar surface area (TPSA) is 116 Å². The van der Waals surface area contributed by atoms with E-state index >= 15 is 0 Å². The zero-order valence-corrected chi connectivity index (χ0v) is 17.2. The molecule has 8 nitrogen and oxygen atoms in total. The van der Waals surface area contributed by atoms with Gasteiger partial charge in [0.15, 0.2) is 0 Å². The van der Waals surface area contributed by atoms with Crippen LogP contribution in [0.25, 0.3) is 0 Å². The van der Waals surface area contributed by atoms with Gasteiger partial charge in [-0.2, -0.15) is 8.78 Å². The summed E-state index contributed by atoms with van der Waals surface area (Å²) >= 11 is 3.21. The monoisotopic (exact) mass is 492 g/mol. The van der Waals surface area contributed by atoms with Gasteiger partial charge in [0.25, 0.3) is 5.91 Å². The number of carbonyl (C=O) groups is 2. The number of aromatic nitrogens is 1. The van der Waals surface area contributed by atoms with Crippen LogP contribution in [0.2, 0.25) is 0 Å². The van der Waals surface area contributed by atoms with Crippen molar-refractivity contribution in [3.63, 3.8) is 0 Å². The SMILES string of the molecule is NC(=O)c1cc(Oc2ccc(NC(=O)Nc3cc(Br)ccc3OC(F)F)cc2)ccn1. The number of hydrogen-bond donors (Lipinski definition) is 3. The third-order valence-corrected chi connectivity index (χ3v) is 4.23. The Bertz CT molecular complexity index is 1100. The van der Waals surface area contributed by atoms with Gasteiger partial charge >= 0.3 is 12.6 Å². The molecule has 1 aromatic heterocycles. The molecule has 160 valence electrons. The van der Waals surface area contributed by atoms with Crippen molar-refractivity contribution in [3.8, 4) is 17.2 Å². The Labute approximate surface area is 183 Å². The van der Waals surface area contributed by atoms with E-state index in [0.29, 0.717) is 21.7 Å². The maximum atomic E-state index is 12.5. The molecule has 0 atom stereocenters. The number of ether oxygens (including phenoxy) is 2. The number of rotatable bonds is 7. The van der Waals surface area contributed by atoms with Gasteiger partial charge in [0.05, 0.1) is 5.69 Å². The molecule has 0 aliphatic rings. The highest BCUT2D eigenvalue weighted by Crippen LogP contribution is 2.30. The van der Waals surface area contributed by atoms with Crippen molar-refractivity contribution in [3.05, 3.63) is 71.0 Å². The molecular weight excluding hydrogens is 478 g/mol. The standard InChI is InChI=1S/C20H15BrF2N4O4/c21-11-1-6-17(31-19(22)23)15(9-11)27-20(29)26-12-2-4-13(5-3-12)30-14-7-8-25-16(10-14)18(24)28/h1-10,19H,(H2,24,28)(H2,26,27,29). The Balaban J connectivity index is 1.64.